The molecule has 4 aromatic rings. The summed E-state index contributed by atoms with van der Waals surface area (Å²) < 4.78 is 1.86. The van der Waals surface area contributed by atoms with Crippen molar-refractivity contribution in [1.29, 1.82) is 0 Å². The van der Waals surface area contributed by atoms with Gasteiger partial charge in [0.1, 0.15) is 0 Å². The van der Waals surface area contributed by atoms with Gasteiger partial charge in [-0.3, -0.25) is 4.79 Å². The number of hydrogen-bond donors (Lipinski definition) is 1. The second-order valence-electron chi connectivity index (χ2n) is 8.53. The van der Waals surface area contributed by atoms with Crippen molar-refractivity contribution in [2.75, 3.05) is 18.0 Å². The van der Waals surface area contributed by atoms with Crippen molar-refractivity contribution in [2.45, 2.75) is 33.2 Å². The Morgan fingerprint density at radius 1 is 1.16 bits per heavy atom. The van der Waals surface area contributed by atoms with Gasteiger partial charge in [-0.05, 0) is 37.8 Å². The van der Waals surface area contributed by atoms with Gasteiger partial charge in [0.25, 0.3) is 0 Å². The second-order valence-corrected chi connectivity index (χ2v) is 9.47. The lowest BCUT2D eigenvalue weighted by Crippen LogP contribution is -2.43. The molecule has 3 heterocycles. The van der Waals surface area contributed by atoms with Crippen LogP contribution in [0, 0.1) is 19.8 Å². The topological polar surface area (TPSA) is 62.5 Å². The van der Waals surface area contributed by atoms with E-state index >= 15 is 0 Å². The Kier molecular flexibility index (Phi) is 5.66. The molecule has 0 bridgehead atoms. The molecule has 7 heteroatoms. The molecule has 0 spiro atoms. The minimum absolute atomic E-state index is 0.0212. The van der Waals surface area contributed by atoms with Crippen LogP contribution in [-0.4, -0.2) is 33.6 Å². The maximum Gasteiger partial charge on any atom is 0.225 e. The maximum atomic E-state index is 12.8. The highest BCUT2D eigenvalue weighted by Gasteiger charge is 2.28. The quantitative estimate of drug-likeness (QED) is 0.487. The Balaban J connectivity index is 1.25. The average molecular weight is 446 g/mol. The third-order valence-corrected chi connectivity index (χ3v) is 7.14. The van der Waals surface area contributed by atoms with E-state index in [-0.39, 0.29) is 11.8 Å². The number of aromatic nitrogens is 3. The monoisotopic (exact) mass is 445 g/mol. The SMILES string of the molecule is Cc1ccc(-c2cn3nc(N4CCCC(C(=O)NCc5ccccc5C)C4)sc3n2)cc1. The van der Waals surface area contributed by atoms with Crippen LogP contribution in [0.15, 0.2) is 54.7 Å². The largest absolute Gasteiger partial charge is 0.352 e. The van der Waals surface area contributed by atoms with Gasteiger partial charge in [0.15, 0.2) is 0 Å². The Morgan fingerprint density at radius 2 is 1.97 bits per heavy atom. The standard InChI is InChI=1S/C25H27N5OS/c1-17-9-11-19(12-10-17)22-16-30-24(27-22)32-25(28-30)29-13-5-8-21(15-29)23(31)26-14-20-7-4-3-6-18(20)2/h3-4,6-7,9-12,16,21H,5,8,13-15H2,1-2H3,(H,26,31). The Hall–Kier alpha value is -3.19. The van der Waals surface area contributed by atoms with Crippen molar-refractivity contribution in [3.63, 3.8) is 0 Å². The molecular weight excluding hydrogens is 418 g/mol. The summed E-state index contributed by atoms with van der Waals surface area (Å²) in [5.41, 5.74) is 5.63. The molecule has 0 saturated carbocycles. The van der Waals surface area contributed by atoms with E-state index in [1.165, 1.54) is 16.7 Å². The van der Waals surface area contributed by atoms with E-state index in [9.17, 15) is 4.79 Å². The predicted molar refractivity (Wildman–Crippen MR) is 129 cm³/mol. The number of nitrogens with one attached hydrogen (secondary N) is 1. The Labute approximate surface area is 191 Å². The zero-order valence-corrected chi connectivity index (χ0v) is 19.2. The summed E-state index contributed by atoms with van der Waals surface area (Å²) in [6.07, 6.45) is 3.88. The number of amides is 1. The van der Waals surface area contributed by atoms with E-state index in [4.69, 9.17) is 10.1 Å². The second kappa shape index (κ2) is 8.74. The number of aryl methyl sites for hydroxylation is 2. The van der Waals surface area contributed by atoms with Crippen LogP contribution in [0.1, 0.15) is 29.5 Å². The van der Waals surface area contributed by atoms with Crippen LogP contribution in [0.2, 0.25) is 0 Å². The van der Waals surface area contributed by atoms with Crippen LogP contribution in [0.3, 0.4) is 0 Å². The molecule has 1 atom stereocenters. The van der Waals surface area contributed by atoms with Crippen LogP contribution in [-0.2, 0) is 11.3 Å². The van der Waals surface area contributed by atoms with Crippen LogP contribution in [0.25, 0.3) is 16.2 Å². The molecule has 0 radical (unpaired) electrons. The first kappa shape index (κ1) is 20.7. The molecule has 6 nitrogen and oxygen atoms in total. The molecular formula is C25H27N5OS. The van der Waals surface area contributed by atoms with Gasteiger partial charge < -0.3 is 10.2 Å². The summed E-state index contributed by atoms with van der Waals surface area (Å²) in [6, 6.07) is 16.6. The highest BCUT2D eigenvalue weighted by atomic mass is 32.1. The number of carbonyl (C=O) groups is 1. The fraction of sp³-hybridized carbons (Fsp3) is 0.320. The molecule has 1 amide bonds. The number of piperidine rings is 1. The molecule has 32 heavy (non-hydrogen) atoms. The van der Waals surface area contributed by atoms with Crippen molar-refractivity contribution in [3.05, 3.63) is 71.4 Å². The van der Waals surface area contributed by atoms with Gasteiger partial charge in [-0.25, -0.2) is 9.50 Å². The summed E-state index contributed by atoms with van der Waals surface area (Å²) in [5.74, 6) is 0.105. The van der Waals surface area contributed by atoms with Gasteiger partial charge in [-0.1, -0.05) is 65.4 Å². The molecule has 1 unspecified atom stereocenters. The average Bonchev–Trinajstić information content (AvgIpc) is 3.39. The molecule has 164 valence electrons. The smallest absolute Gasteiger partial charge is 0.225 e. The van der Waals surface area contributed by atoms with Crippen LogP contribution in [0.4, 0.5) is 5.13 Å². The molecule has 1 N–H and O–H groups in total. The number of fused-ring (bicyclic) bond motifs is 1. The molecule has 1 aliphatic heterocycles. The fourth-order valence-electron chi connectivity index (χ4n) is 4.18. The van der Waals surface area contributed by atoms with Crippen molar-refractivity contribution in [1.82, 2.24) is 19.9 Å². The number of rotatable bonds is 5. The first-order valence-electron chi connectivity index (χ1n) is 11.1. The van der Waals surface area contributed by atoms with Gasteiger partial charge in [-0.2, -0.15) is 0 Å². The van der Waals surface area contributed by atoms with Crippen molar-refractivity contribution in [2.24, 2.45) is 5.92 Å². The van der Waals surface area contributed by atoms with Gasteiger partial charge in [0.2, 0.25) is 16.0 Å². The van der Waals surface area contributed by atoms with E-state index in [0.717, 1.165) is 40.7 Å². The van der Waals surface area contributed by atoms with Gasteiger partial charge in [0.05, 0.1) is 17.8 Å². The molecule has 2 aromatic carbocycles. The summed E-state index contributed by atoms with van der Waals surface area (Å²) in [7, 11) is 0. The lowest BCUT2D eigenvalue weighted by atomic mass is 9.97. The van der Waals surface area contributed by atoms with Gasteiger partial charge in [0, 0.05) is 25.2 Å². The highest BCUT2D eigenvalue weighted by molar-refractivity contribution is 7.20. The predicted octanol–water partition coefficient (Wildman–Crippen LogP) is 4.61. The van der Waals surface area contributed by atoms with Crippen LogP contribution in [0.5, 0.6) is 0 Å². The third-order valence-electron chi connectivity index (χ3n) is 6.16. The maximum absolute atomic E-state index is 12.8. The zero-order chi connectivity index (χ0) is 22.1. The van der Waals surface area contributed by atoms with E-state index in [1.54, 1.807) is 11.3 Å². The summed E-state index contributed by atoms with van der Waals surface area (Å²) >= 11 is 1.58. The number of anilines is 1. The van der Waals surface area contributed by atoms with Gasteiger partial charge >= 0.3 is 0 Å². The van der Waals surface area contributed by atoms with Crippen LogP contribution < -0.4 is 10.2 Å². The molecule has 1 aliphatic rings. The minimum atomic E-state index is -0.0212. The summed E-state index contributed by atoms with van der Waals surface area (Å²) in [6.45, 7) is 6.35. The minimum Gasteiger partial charge on any atom is -0.352 e. The zero-order valence-electron chi connectivity index (χ0n) is 18.4. The number of hydrogen-bond acceptors (Lipinski definition) is 5. The number of nitrogens with zero attached hydrogens (tertiary/aromatic N) is 4. The van der Waals surface area contributed by atoms with E-state index in [1.807, 2.05) is 22.8 Å². The lowest BCUT2D eigenvalue weighted by molar-refractivity contribution is -0.125. The molecule has 1 saturated heterocycles. The first-order valence-corrected chi connectivity index (χ1v) is 11.9. The number of benzene rings is 2. The summed E-state index contributed by atoms with van der Waals surface area (Å²) in [5, 5.41) is 8.83. The first-order chi connectivity index (χ1) is 15.6. The van der Waals surface area contributed by atoms with Crippen LogP contribution >= 0.6 is 11.3 Å². The Morgan fingerprint density at radius 3 is 2.75 bits per heavy atom. The number of carbonyl (C=O) groups excluding carboxylic acids is 1. The third kappa shape index (κ3) is 4.25. The van der Waals surface area contributed by atoms with Crippen molar-refractivity contribution < 1.29 is 4.79 Å². The fourth-order valence-corrected chi connectivity index (χ4v) is 5.10. The molecule has 1 fully saturated rings. The number of imidazole rings is 1. The molecule has 0 aliphatic carbocycles. The van der Waals surface area contributed by atoms with E-state index in [2.05, 4.69) is 60.5 Å². The molecule has 2 aromatic heterocycles. The van der Waals surface area contributed by atoms with Gasteiger partial charge in [-0.15, -0.1) is 5.10 Å². The normalized spacial score (nSPS) is 16.4. The summed E-state index contributed by atoms with van der Waals surface area (Å²) in [4.78, 5) is 20.7. The van der Waals surface area contributed by atoms with Crippen molar-refractivity contribution >= 4 is 27.3 Å². The van der Waals surface area contributed by atoms with E-state index < -0.39 is 0 Å². The Bertz CT molecular complexity index is 1210. The van der Waals surface area contributed by atoms with E-state index in [0.29, 0.717) is 13.1 Å². The van der Waals surface area contributed by atoms with Crippen molar-refractivity contribution in [3.8, 4) is 11.3 Å². The highest BCUT2D eigenvalue weighted by Crippen LogP contribution is 2.30. The lowest BCUT2D eigenvalue weighted by Gasteiger charge is -2.31. The molecule has 5 rings (SSSR count).